The highest BCUT2D eigenvalue weighted by atomic mass is 16.5. The molecule has 1 aliphatic rings. The van der Waals surface area contributed by atoms with E-state index < -0.39 is 24.4 Å². The van der Waals surface area contributed by atoms with Crippen LogP contribution in [0.25, 0.3) is 0 Å². The number of hydrogen-bond acceptors (Lipinski definition) is 5. The van der Waals surface area contributed by atoms with Gasteiger partial charge in [-0.2, -0.15) is 0 Å². The Bertz CT molecular complexity index is 683. The van der Waals surface area contributed by atoms with E-state index in [0.717, 1.165) is 32.1 Å². The predicted molar refractivity (Wildman–Crippen MR) is 94.1 cm³/mol. The summed E-state index contributed by atoms with van der Waals surface area (Å²) in [5, 5.41) is 5.00. The summed E-state index contributed by atoms with van der Waals surface area (Å²) < 4.78 is 4.83. The first-order valence-corrected chi connectivity index (χ1v) is 8.59. The minimum Gasteiger partial charge on any atom is -0.454 e. The van der Waals surface area contributed by atoms with Crippen molar-refractivity contribution in [2.75, 3.05) is 18.5 Å². The van der Waals surface area contributed by atoms with E-state index >= 15 is 0 Å². The molecule has 140 valence electrons. The summed E-state index contributed by atoms with van der Waals surface area (Å²) in [4.78, 5) is 46.8. The number of carbonyl (C=O) groups is 4. The van der Waals surface area contributed by atoms with Gasteiger partial charge in [0, 0.05) is 5.92 Å². The lowest BCUT2D eigenvalue weighted by Crippen LogP contribution is -2.36. The van der Waals surface area contributed by atoms with E-state index in [0.29, 0.717) is 0 Å². The SMILES string of the molecule is NC(=O)c1ccccc1NC(=O)COC(=O)CNC(=O)C1CCCCC1. The molecule has 0 aromatic heterocycles. The second-order valence-corrected chi connectivity index (χ2v) is 6.17. The van der Waals surface area contributed by atoms with Gasteiger partial charge in [-0.25, -0.2) is 0 Å². The lowest BCUT2D eigenvalue weighted by molar-refractivity contribution is -0.147. The first kappa shape index (κ1) is 19.4. The van der Waals surface area contributed by atoms with Crippen LogP contribution in [0.5, 0.6) is 0 Å². The highest BCUT2D eigenvalue weighted by molar-refractivity contribution is 6.03. The third-order valence-electron chi connectivity index (χ3n) is 4.21. The molecule has 1 saturated carbocycles. The van der Waals surface area contributed by atoms with Crippen molar-refractivity contribution in [1.29, 1.82) is 0 Å². The number of benzene rings is 1. The zero-order valence-corrected chi connectivity index (χ0v) is 14.5. The van der Waals surface area contributed by atoms with Crippen LogP contribution in [0.4, 0.5) is 5.69 Å². The van der Waals surface area contributed by atoms with Crippen LogP contribution in [0.2, 0.25) is 0 Å². The second kappa shape index (κ2) is 9.55. The number of anilines is 1. The fraction of sp³-hybridized carbons (Fsp3) is 0.444. The Balaban J connectivity index is 1.72. The first-order chi connectivity index (χ1) is 12.5. The Hall–Kier alpha value is -2.90. The average Bonchev–Trinajstić information content (AvgIpc) is 2.65. The molecule has 0 bridgehead atoms. The van der Waals surface area contributed by atoms with Crippen molar-refractivity contribution in [1.82, 2.24) is 5.32 Å². The molecule has 0 atom stereocenters. The minimum atomic E-state index is -0.701. The number of nitrogens with one attached hydrogen (secondary N) is 2. The molecule has 1 aromatic carbocycles. The van der Waals surface area contributed by atoms with Gasteiger partial charge in [0.25, 0.3) is 11.8 Å². The molecule has 1 fully saturated rings. The largest absolute Gasteiger partial charge is 0.454 e. The number of para-hydroxylation sites is 1. The van der Waals surface area contributed by atoms with Gasteiger partial charge >= 0.3 is 5.97 Å². The van der Waals surface area contributed by atoms with Crippen molar-refractivity contribution in [2.45, 2.75) is 32.1 Å². The van der Waals surface area contributed by atoms with Gasteiger partial charge < -0.3 is 21.1 Å². The van der Waals surface area contributed by atoms with Crippen molar-refractivity contribution >= 4 is 29.4 Å². The molecule has 8 nitrogen and oxygen atoms in total. The van der Waals surface area contributed by atoms with E-state index in [1.807, 2.05) is 0 Å². The molecule has 1 aliphatic carbocycles. The molecule has 1 aromatic rings. The van der Waals surface area contributed by atoms with E-state index in [4.69, 9.17) is 10.5 Å². The van der Waals surface area contributed by atoms with Crippen molar-refractivity contribution in [3.05, 3.63) is 29.8 Å². The summed E-state index contributed by atoms with van der Waals surface area (Å²) in [6.45, 7) is -0.800. The topological polar surface area (TPSA) is 128 Å². The third kappa shape index (κ3) is 5.87. The summed E-state index contributed by atoms with van der Waals surface area (Å²) >= 11 is 0. The molecule has 4 N–H and O–H groups in total. The zero-order valence-electron chi connectivity index (χ0n) is 14.5. The maximum absolute atomic E-state index is 11.9. The number of ether oxygens (including phenoxy) is 1. The van der Waals surface area contributed by atoms with Gasteiger partial charge in [0.1, 0.15) is 6.54 Å². The maximum Gasteiger partial charge on any atom is 0.325 e. The molecule has 0 saturated heterocycles. The van der Waals surface area contributed by atoms with E-state index in [-0.39, 0.29) is 29.6 Å². The van der Waals surface area contributed by atoms with Gasteiger partial charge in [0.05, 0.1) is 11.3 Å². The number of esters is 1. The molecule has 0 unspecified atom stereocenters. The number of nitrogens with two attached hydrogens (primary N) is 1. The summed E-state index contributed by atoms with van der Waals surface area (Å²) in [6.07, 6.45) is 4.86. The second-order valence-electron chi connectivity index (χ2n) is 6.17. The van der Waals surface area contributed by atoms with Crippen LogP contribution < -0.4 is 16.4 Å². The van der Waals surface area contributed by atoms with Gasteiger partial charge in [-0.05, 0) is 25.0 Å². The number of rotatable bonds is 7. The van der Waals surface area contributed by atoms with Crippen LogP contribution in [-0.4, -0.2) is 36.8 Å². The van der Waals surface area contributed by atoms with Crippen molar-refractivity contribution in [3.8, 4) is 0 Å². The standard InChI is InChI=1S/C18H23N3O5/c19-17(24)13-8-4-5-9-14(13)21-15(22)11-26-16(23)10-20-18(25)12-6-2-1-3-7-12/h4-5,8-9,12H,1-3,6-7,10-11H2,(H2,19,24)(H,20,25)(H,21,22). The normalized spacial score (nSPS) is 14.3. The Morgan fingerprint density at radius 3 is 2.46 bits per heavy atom. The van der Waals surface area contributed by atoms with Crippen LogP contribution >= 0.6 is 0 Å². The molecular formula is C18H23N3O5. The molecule has 0 radical (unpaired) electrons. The van der Waals surface area contributed by atoms with Gasteiger partial charge in [-0.1, -0.05) is 31.4 Å². The lowest BCUT2D eigenvalue weighted by Gasteiger charge is -2.20. The smallest absolute Gasteiger partial charge is 0.325 e. The molecule has 0 aliphatic heterocycles. The first-order valence-electron chi connectivity index (χ1n) is 8.59. The fourth-order valence-corrected chi connectivity index (χ4v) is 2.86. The number of primary amides is 1. The van der Waals surface area contributed by atoms with Gasteiger partial charge in [-0.15, -0.1) is 0 Å². The Morgan fingerprint density at radius 2 is 1.77 bits per heavy atom. The molecule has 0 spiro atoms. The van der Waals surface area contributed by atoms with E-state index in [9.17, 15) is 19.2 Å². The Kier molecular flexibility index (Phi) is 7.13. The highest BCUT2D eigenvalue weighted by Gasteiger charge is 2.21. The molecule has 26 heavy (non-hydrogen) atoms. The van der Waals surface area contributed by atoms with Gasteiger partial charge in [-0.3, -0.25) is 19.2 Å². The Morgan fingerprint density at radius 1 is 1.08 bits per heavy atom. The maximum atomic E-state index is 11.9. The number of hydrogen-bond donors (Lipinski definition) is 3. The highest BCUT2D eigenvalue weighted by Crippen LogP contribution is 2.23. The van der Waals surface area contributed by atoms with Crippen molar-refractivity contribution in [2.24, 2.45) is 11.7 Å². The minimum absolute atomic E-state index is 0.0508. The van der Waals surface area contributed by atoms with Crippen LogP contribution in [0.3, 0.4) is 0 Å². The summed E-state index contributed by atoms with van der Waals surface area (Å²) in [5.74, 6) is -2.19. The van der Waals surface area contributed by atoms with E-state index in [1.54, 1.807) is 12.1 Å². The molecular weight excluding hydrogens is 338 g/mol. The van der Waals surface area contributed by atoms with Crippen LogP contribution in [0.15, 0.2) is 24.3 Å². The van der Waals surface area contributed by atoms with E-state index in [2.05, 4.69) is 10.6 Å². The van der Waals surface area contributed by atoms with Crippen molar-refractivity contribution in [3.63, 3.8) is 0 Å². The van der Waals surface area contributed by atoms with Crippen LogP contribution in [0, 0.1) is 5.92 Å². The van der Waals surface area contributed by atoms with Gasteiger partial charge in [0.15, 0.2) is 6.61 Å². The molecule has 8 heteroatoms. The summed E-state index contributed by atoms with van der Waals surface area (Å²) in [5.41, 5.74) is 5.63. The zero-order chi connectivity index (χ0) is 18.9. The lowest BCUT2D eigenvalue weighted by atomic mass is 9.89. The number of carbonyl (C=O) groups excluding carboxylic acids is 4. The quantitative estimate of drug-likeness (QED) is 0.623. The van der Waals surface area contributed by atoms with Gasteiger partial charge in [0.2, 0.25) is 5.91 Å². The Labute approximate surface area is 151 Å². The van der Waals surface area contributed by atoms with Crippen molar-refractivity contribution < 1.29 is 23.9 Å². The van der Waals surface area contributed by atoms with Crippen LogP contribution in [0.1, 0.15) is 42.5 Å². The molecule has 2 rings (SSSR count). The predicted octanol–water partition coefficient (Wildman–Crippen LogP) is 0.964. The monoisotopic (exact) mass is 361 g/mol. The molecule has 3 amide bonds. The third-order valence-corrected chi connectivity index (χ3v) is 4.21. The van der Waals surface area contributed by atoms with Crippen LogP contribution in [-0.2, 0) is 19.1 Å². The summed E-state index contributed by atoms with van der Waals surface area (Å²) in [7, 11) is 0. The summed E-state index contributed by atoms with van der Waals surface area (Å²) in [6, 6.07) is 6.24. The fourth-order valence-electron chi connectivity index (χ4n) is 2.86. The average molecular weight is 361 g/mol. The van der Waals surface area contributed by atoms with E-state index in [1.165, 1.54) is 12.1 Å². The number of amides is 3. The molecule has 0 heterocycles.